The molecule has 144 valence electrons. The maximum Gasteiger partial charge on any atom is 0.264 e. The Morgan fingerprint density at radius 3 is 2.45 bits per heavy atom. The number of rotatable bonds is 6. The number of benzene rings is 3. The molecular formula is C23H17FN2O2S. The number of nitrogens with zero attached hydrogens (tertiary/aromatic N) is 1. The average molecular weight is 404 g/mol. The highest BCUT2D eigenvalue weighted by atomic mass is 32.1. The molecule has 0 aliphatic rings. The van der Waals surface area contributed by atoms with Crippen molar-refractivity contribution in [2.24, 2.45) is 0 Å². The molecule has 0 saturated carbocycles. The fourth-order valence-electron chi connectivity index (χ4n) is 2.83. The van der Waals surface area contributed by atoms with Gasteiger partial charge in [0.15, 0.2) is 11.7 Å². The average Bonchev–Trinajstić information content (AvgIpc) is 3.22. The highest BCUT2D eigenvalue weighted by molar-refractivity contribution is 7.14. The number of ether oxygens (including phenoxy) is 1. The first-order valence-electron chi connectivity index (χ1n) is 8.97. The van der Waals surface area contributed by atoms with Gasteiger partial charge in [-0.05, 0) is 35.9 Å². The van der Waals surface area contributed by atoms with Gasteiger partial charge in [0, 0.05) is 16.5 Å². The lowest BCUT2D eigenvalue weighted by Gasteiger charge is -2.11. The Labute approximate surface area is 171 Å². The highest BCUT2D eigenvalue weighted by Gasteiger charge is 2.11. The summed E-state index contributed by atoms with van der Waals surface area (Å²) >= 11 is 1.31. The number of aromatic nitrogens is 1. The molecule has 3 aromatic carbocycles. The molecule has 6 heteroatoms. The Hall–Kier alpha value is -3.51. The molecule has 4 nitrogen and oxygen atoms in total. The zero-order chi connectivity index (χ0) is 20.1. The van der Waals surface area contributed by atoms with E-state index >= 15 is 0 Å². The van der Waals surface area contributed by atoms with E-state index in [1.165, 1.54) is 23.5 Å². The summed E-state index contributed by atoms with van der Waals surface area (Å²) in [6.45, 7) is -0.130. The summed E-state index contributed by atoms with van der Waals surface area (Å²) in [5.41, 5.74) is 3.41. The van der Waals surface area contributed by atoms with Crippen LogP contribution < -0.4 is 10.1 Å². The Morgan fingerprint density at radius 1 is 0.931 bits per heavy atom. The fraction of sp³-hybridized carbons (Fsp3) is 0.0435. The van der Waals surface area contributed by atoms with Crippen molar-refractivity contribution in [3.63, 3.8) is 0 Å². The van der Waals surface area contributed by atoms with E-state index in [0.717, 1.165) is 16.7 Å². The third kappa shape index (κ3) is 4.67. The smallest absolute Gasteiger partial charge is 0.264 e. The molecule has 1 aromatic heterocycles. The van der Waals surface area contributed by atoms with Gasteiger partial charge in [-0.2, -0.15) is 0 Å². The highest BCUT2D eigenvalue weighted by Crippen LogP contribution is 2.29. The van der Waals surface area contributed by atoms with E-state index in [2.05, 4.69) is 10.3 Å². The first-order valence-corrected chi connectivity index (χ1v) is 9.85. The second-order valence-electron chi connectivity index (χ2n) is 6.24. The quantitative estimate of drug-likeness (QED) is 0.453. The minimum atomic E-state index is -0.301. The fourth-order valence-corrected chi connectivity index (χ4v) is 3.57. The number of hydrogen-bond acceptors (Lipinski definition) is 4. The van der Waals surface area contributed by atoms with Crippen LogP contribution in [-0.2, 0) is 4.79 Å². The summed E-state index contributed by atoms with van der Waals surface area (Å²) in [6, 6.07) is 23.5. The van der Waals surface area contributed by atoms with Crippen LogP contribution >= 0.6 is 11.3 Å². The summed E-state index contributed by atoms with van der Waals surface area (Å²) in [4.78, 5) is 16.7. The van der Waals surface area contributed by atoms with E-state index in [1.54, 1.807) is 12.1 Å². The van der Waals surface area contributed by atoms with Gasteiger partial charge in [-0.15, -0.1) is 11.3 Å². The number of carbonyl (C=O) groups is 1. The number of para-hydroxylation sites is 1. The molecule has 0 unspecified atom stereocenters. The van der Waals surface area contributed by atoms with Gasteiger partial charge in [-0.25, -0.2) is 9.37 Å². The first-order chi connectivity index (χ1) is 14.2. The third-order valence-corrected chi connectivity index (χ3v) is 4.98. The molecular weight excluding hydrogens is 387 g/mol. The van der Waals surface area contributed by atoms with Gasteiger partial charge in [0.05, 0.1) is 5.69 Å². The second kappa shape index (κ2) is 8.67. The van der Waals surface area contributed by atoms with E-state index in [1.807, 2.05) is 60.0 Å². The number of anilines is 1. The number of hydrogen-bond donors (Lipinski definition) is 1. The second-order valence-corrected chi connectivity index (χ2v) is 7.10. The summed E-state index contributed by atoms with van der Waals surface area (Å²) in [6.07, 6.45) is 0. The number of thiazole rings is 1. The Kier molecular flexibility index (Phi) is 5.63. The van der Waals surface area contributed by atoms with Gasteiger partial charge in [0.2, 0.25) is 0 Å². The topological polar surface area (TPSA) is 51.2 Å². The van der Waals surface area contributed by atoms with E-state index in [9.17, 15) is 9.18 Å². The van der Waals surface area contributed by atoms with Crippen LogP contribution in [0.4, 0.5) is 9.52 Å². The molecule has 1 N–H and O–H groups in total. The van der Waals surface area contributed by atoms with Gasteiger partial charge in [-0.1, -0.05) is 48.5 Å². The molecule has 4 aromatic rings. The molecule has 0 radical (unpaired) electrons. The standard InChI is InChI=1S/C23H17FN2O2S/c24-18-12-10-17(11-13-18)20-15-29-23(25-20)26-22(27)14-28-21-9-5-4-8-19(21)16-6-2-1-3-7-16/h1-13,15H,14H2,(H,25,26,27). The van der Waals surface area contributed by atoms with E-state index < -0.39 is 0 Å². The van der Waals surface area contributed by atoms with Gasteiger partial charge in [0.25, 0.3) is 5.91 Å². The lowest BCUT2D eigenvalue weighted by atomic mass is 10.1. The largest absolute Gasteiger partial charge is 0.483 e. The molecule has 0 fully saturated rings. The van der Waals surface area contributed by atoms with Crippen LogP contribution in [-0.4, -0.2) is 17.5 Å². The zero-order valence-corrected chi connectivity index (χ0v) is 16.2. The van der Waals surface area contributed by atoms with Crippen molar-refractivity contribution in [2.45, 2.75) is 0 Å². The molecule has 0 atom stereocenters. The molecule has 0 spiro atoms. The third-order valence-electron chi connectivity index (χ3n) is 4.22. The van der Waals surface area contributed by atoms with Crippen molar-refractivity contribution in [1.29, 1.82) is 0 Å². The molecule has 0 bridgehead atoms. The predicted molar refractivity (Wildman–Crippen MR) is 114 cm³/mol. The van der Waals surface area contributed by atoms with Crippen molar-refractivity contribution in [2.75, 3.05) is 11.9 Å². The molecule has 29 heavy (non-hydrogen) atoms. The Balaban J connectivity index is 1.40. The summed E-state index contributed by atoms with van der Waals surface area (Å²) in [7, 11) is 0. The normalized spacial score (nSPS) is 10.5. The molecule has 0 aliphatic carbocycles. The Bertz CT molecular complexity index is 1110. The summed E-state index contributed by atoms with van der Waals surface area (Å²) in [5, 5.41) is 5.02. The van der Waals surface area contributed by atoms with Gasteiger partial charge >= 0.3 is 0 Å². The van der Waals surface area contributed by atoms with Crippen LogP contribution in [0.25, 0.3) is 22.4 Å². The van der Waals surface area contributed by atoms with E-state index in [0.29, 0.717) is 16.6 Å². The van der Waals surface area contributed by atoms with E-state index in [-0.39, 0.29) is 18.3 Å². The van der Waals surface area contributed by atoms with Crippen molar-refractivity contribution < 1.29 is 13.9 Å². The number of amides is 1. The van der Waals surface area contributed by atoms with Crippen LogP contribution in [0.15, 0.2) is 84.2 Å². The molecule has 1 heterocycles. The zero-order valence-electron chi connectivity index (χ0n) is 15.3. The number of carbonyl (C=O) groups excluding carboxylic acids is 1. The van der Waals surface area contributed by atoms with Crippen LogP contribution in [0.3, 0.4) is 0 Å². The summed E-state index contributed by atoms with van der Waals surface area (Å²) in [5.74, 6) is 0.0401. The number of nitrogens with one attached hydrogen (secondary N) is 1. The monoisotopic (exact) mass is 404 g/mol. The van der Waals surface area contributed by atoms with Gasteiger partial charge in [-0.3, -0.25) is 10.1 Å². The predicted octanol–water partition coefficient (Wildman–Crippen LogP) is 5.63. The van der Waals surface area contributed by atoms with Gasteiger partial charge in [0.1, 0.15) is 11.6 Å². The molecule has 4 rings (SSSR count). The minimum Gasteiger partial charge on any atom is -0.483 e. The van der Waals surface area contributed by atoms with Crippen LogP contribution in [0.2, 0.25) is 0 Å². The first kappa shape index (κ1) is 18.8. The van der Waals surface area contributed by atoms with E-state index in [4.69, 9.17) is 4.74 Å². The molecule has 0 aliphatic heterocycles. The van der Waals surface area contributed by atoms with Crippen LogP contribution in [0, 0.1) is 5.82 Å². The van der Waals surface area contributed by atoms with Gasteiger partial charge < -0.3 is 4.74 Å². The lowest BCUT2D eigenvalue weighted by molar-refractivity contribution is -0.118. The maximum atomic E-state index is 13.1. The number of halogens is 1. The van der Waals surface area contributed by atoms with Crippen molar-refractivity contribution in [3.05, 3.63) is 90.1 Å². The molecule has 1 amide bonds. The van der Waals surface area contributed by atoms with Crippen molar-refractivity contribution >= 4 is 22.4 Å². The van der Waals surface area contributed by atoms with Crippen LogP contribution in [0.5, 0.6) is 5.75 Å². The van der Waals surface area contributed by atoms with Crippen LogP contribution in [0.1, 0.15) is 0 Å². The lowest BCUT2D eigenvalue weighted by Crippen LogP contribution is -2.20. The van der Waals surface area contributed by atoms with Crippen molar-refractivity contribution in [1.82, 2.24) is 4.98 Å². The molecule has 0 saturated heterocycles. The Morgan fingerprint density at radius 2 is 1.66 bits per heavy atom. The minimum absolute atomic E-state index is 0.130. The maximum absolute atomic E-state index is 13.1. The SMILES string of the molecule is O=C(COc1ccccc1-c1ccccc1)Nc1nc(-c2ccc(F)cc2)cs1. The van der Waals surface area contributed by atoms with Crippen molar-refractivity contribution in [3.8, 4) is 28.1 Å². The summed E-state index contributed by atoms with van der Waals surface area (Å²) < 4.78 is 18.8.